The van der Waals surface area contributed by atoms with Crippen LogP contribution in [-0.4, -0.2) is 18.8 Å². The zero-order valence-electron chi connectivity index (χ0n) is 8.34. The number of aliphatic hydroxyl groups excluding tert-OH is 1. The van der Waals surface area contributed by atoms with E-state index in [1.165, 1.54) is 6.07 Å². The van der Waals surface area contributed by atoms with Crippen LogP contribution in [0.1, 0.15) is 17.2 Å². The lowest BCUT2D eigenvalue weighted by Gasteiger charge is -2.16. The van der Waals surface area contributed by atoms with Gasteiger partial charge in [0.05, 0.1) is 18.3 Å². The van der Waals surface area contributed by atoms with E-state index in [2.05, 4.69) is 5.32 Å². The van der Waals surface area contributed by atoms with Gasteiger partial charge in [-0.15, -0.1) is 0 Å². The molecule has 0 saturated carbocycles. The molecule has 0 heterocycles. The summed E-state index contributed by atoms with van der Waals surface area (Å²) in [7, 11) is 1.72. The molecule has 1 atom stereocenters. The fraction of sp³-hybridized carbons (Fsp3) is 0.400. The molecule has 14 heavy (non-hydrogen) atoms. The third-order valence-electron chi connectivity index (χ3n) is 2.29. The molecule has 0 bridgehead atoms. The van der Waals surface area contributed by atoms with Crippen LogP contribution in [0.25, 0.3) is 0 Å². The highest BCUT2D eigenvalue weighted by atomic mass is 19.1. The summed E-state index contributed by atoms with van der Waals surface area (Å²) in [5.74, 6) is -0.445. The van der Waals surface area contributed by atoms with E-state index in [1.54, 1.807) is 13.1 Å². The highest BCUT2D eigenvalue weighted by Crippen LogP contribution is 2.22. The summed E-state index contributed by atoms with van der Waals surface area (Å²) in [5.41, 5.74) is 7.16. The quantitative estimate of drug-likeness (QED) is 0.634. The smallest absolute Gasteiger partial charge is 0.146 e. The van der Waals surface area contributed by atoms with E-state index in [0.717, 1.165) is 11.1 Å². The fourth-order valence-electron chi connectivity index (χ4n) is 1.44. The lowest BCUT2D eigenvalue weighted by atomic mass is 10.0. The highest BCUT2D eigenvalue weighted by Gasteiger charge is 2.12. The van der Waals surface area contributed by atoms with Gasteiger partial charge >= 0.3 is 0 Å². The minimum absolute atomic E-state index is 0.0688. The summed E-state index contributed by atoms with van der Waals surface area (Å²) in [5, 5.41) is 11.9. The maximum absolute atomic E-state index is 13.2. The maximum atomic E-state index is 13.2. The topological polar surface area (TPSA) is 58.3 Å². The largest absolute Gasteiger partial charge is 0.396 e. The molecule has 1 aromatic carbocycles. The van der Waals surface area contributed by atoms with E-state index in [1.807, 2.05) is 6.92 Å². The second-order valence-electron chi connectivity index (χ2n) is 3.25. The number of anilines is 1. The number of nitrogen functional groups attached to an aromatic ring is 1. The van der Waals surface area contributed by atoms with Crippen LogP contribution < -0.4 is 11.1 Å². The number of nitrogens with one attached hydrogen (secondary N) is 1. The summed E-state index contributed by atoms with van der Waals surface area (Å²) < 4.78 is 13.2. The number of likely N-dealkylation sites (N-methyl/N-ethyl adjacent to an activating group) is 1. The Morgan fingerprint density at radius 3 is 2.71 bits per heavy atom. The zero-order valence-corrected chi connectivity index (χ0v) is 8.34. The average Bonchev–Trinajstić information content (AvgIpc) is 2.15. The molecule has 78 valence electrons. The van der Waals surface area contributed by atoms with Gasteiger partial charge in [0.25, 0.3) is 0 Å². The van der Waals surface area contributed by atoms with Crippen molar-refractivity contribution in [2.75, 3.05) is 19.4 Å². The van der Waals surface area contributed by atoms with E-state index in [4.69, 9.17) is 10.8 Å². The molecule has 0 aliphatic carbocycles. The van der Waals surface area contributed by atoms with Crippen LogP contribution in [0.15, 0.2) is 12.1 Å². The molecule has 3 nitrogen and oxygen atoms in total. The van der Waals surface area contributed by atoms with Gasteiger partial charge in [0, 0.05) is 0 Å². The summed E-state index contributed by atoms with van der Waals surface area (Å²) in [4.78, 5) is 0. The summed E-state index contributed by atoms with van der Waals surface area (Å²) in [6, 6.07) is 2.69. The summed E-state index contributed by atoms with van der Waals surface area (Å²) >= 11 is 0. The zero-order chi connectivity index (χ0) is 10.7. The van der Waals surface area contributed by atoms with Crippen LogP contribution in [0.5, 0.6) is 0 Å². The number of halogens is 1. The van der Waals surface area contributed by atoms with Crippen molar-refractivity contribution in [3.63, 3.8) is 0 Å². The van der Waals surface area contributed by atoms with Crippen LogP contribution >= 0.6 is 0 Å². The number of benzene rings is 1. The number of rotatable bonds is 3. The van der Waals surface area contributed by atoms with Gasteiger partial charge in [0.15, 0.2) is 0 Å². The van der Waals surface area contributed by atoms with Crippen molar-refractivity contribution < 1.29 is 9.50 Å². The monoisotopic (exact) mass is 198 g/mol. The van der Waals surface area contributed by atoms with Gasteiger partial charge in [-0.25, -0.2) is 4.39 Å². The first kappa shape index (κ1) is 10.9. The number of hydrogen-bond donors (Lipinski definition) is 3. The average molecular weight is 198 g/mol. The third-order valence-corrected chi connectivity index (χ3v) is 2.29. The minimum Gasteiger partial charge on any atom is -0.396 e. The van der Waals surface area contributed by atoms with Crippen molar-refractivity contribution >= 4 is 5.69 Å². The van der Waals surface area contributed by atoms with Gasteiger partial charge in [-0.05, 0) is 37.2 Å². The Balaban J connectivity index is 3.14. The SMILES string of the molecule is CNC(CO)c1cc(F)c(N)cc1C. The Labute approximate surface area is 82.7 Å². The molecule has 0 aliphatic rings. The standard InChI is InChI=1S/C10H15FN2O/c1-6-3-9(12)8(11)4-7(6)10(5-14)13-2/h3-4,10,13-14H,5,12H2,1-2H3. The fourth-order valence-corrected chi connectivity index (χ4v) is 1.44. The Morgan fingerprint density at radius 2 is 2.21 bits per heavy atom. The molecule has 1 aromatic rings. The predicted molar refractivity (Wildman–Crippen MR) is 54.4 cm³/mol. The summed E-state index contributed by atoms with van der Waals surface area (Å²) in [6.07, 6.45) is 0. The van der Waals surface area contributed by atoms with Crippen molar-refractivity contribution in [2.45, 2.75) is 13.0 Å². The van der Waals surface area contributed by atoms with Gasteiger partial charge in [-0.3, -0.25) is 0 Å². The first-order chi connectivity index (χ1) is 6.60. The van der Waals surface area contributed by atoms with Crippen molar-refractivity contribution in [2.24, 2.45) is 0 Å². The molecule has 0 radical (unpaired) electrons. The normalized spacial score (nSPS) is 12.9. The number of aliphatic hydroxyl groups is 1. The number of hydrogen-bond acceptors (Lipinski definition) is 3. The van der Waals surface area contributed by atoms with Crippen molar-refractivity contribution in [1.82, 2.24) is 5.32 Å². The molecule has 4 N–H and O–H groups in total. The van der Waals surface area contributed by atoms with Gasteiger partial charge in [0.2, 0.25) is 0 Å². The van der Waals surface area contributed by atoms with E-state index in [-0.39, 0.29) is 18.3 Å². The number of nitrogens with two attached hydrogens (primary N) is 1. The lowest BCUT2D eigenvalue weighted by molar-refractivity contribution is 0.250. The van der Waals surface area contributed by atoms with Crippen LogP contribution in [0.3, 0.4) is 0 Å². The molecule has 4 heteroatoms. The Hall–Kier alpha value is -1.13. The van der Waals surface area contributed by atoms with Crippen LogP contribution in [0.2, 0.25) is 0 Å². The van der Waals surface area contributed by atoms with Gasteiger partial charge < -0.3 is 16.2 Å². The maximum Gasteiger partial charge on any atom is 0.146 e. The van der Waals surface area contributed by atoms with E-state index < -0.39 is 5.82 Å². The Morgan fingerprint density at radius 1 is 1.57 bits per heavy atom. The van der Waals surface area contributed by atoms with Crippen LogP contribution in [0.4, 0.5) is 10.1 Å². The van der Waals surface area contributed by atoms with E-state index in [9.17, 15) is 4.39 Å². The predicted octanol–water partition coefficient (Wildman–Crippen LogP) is 0.969. The van der Waals surface area contributed by atoms with Gasteiger partial charge in [-0.1, -0.05) is 0 Å². The van der Waals surface area contributed by atoms with Crippen molar-refractivity contribution in [1.29, 1.82) is 0 Å². The number of aryl methyl sites for hydroxylation is 1. The molecule has 1 unspecified atom stereocenters. The van der Waals surface area contributed by atoms with E-state index in [0.29, 0.717) is 0 Å². The lowest BCUT2D eigenvalue weighted by Crippen LogP contribution is -2.21. The second kappa shape index (κ2) is 4.39. The van der Waals surface area contributed by atoms with Crippen LogP contribution in [0, 0.1) is 12.7 Å². The minimum atomic E-state index is -0.445. The highest BCUT2D eigenvalue weighted by molar-refractivity contribution is 5.46. The molecule has 0 saturated heterocycles. The van der Waals surface area contributed by atoms with Crippen molar-refractivity contribution in [3.05, 3.63) is 29.1 Å². The van der Waals surface area contributed by atoms with Gasteiger partial charge in [0.1, 0.15) is 5.82 Å². The molecular weight excluding hydrogens is 183 g/mol. The first-order valence-electron chi connectivity index (χ1n) is 4.43. The first-order valence-corrected chi connectivity index (χ1v) is 4.43. The third kappa shape index (κ3) is 2.02. The molecule has 0 amide bonds. The second-order valence-corrected chi connectivity index (χ2v) is 3.25. The van der Waals surface area contributed by atoms with Crippen LogP contribution in [-0.2, 0) is 0 Å². The Bertz CT molecular complexity index is 324. The molecule has 0 aromatic heterocycles. The molecule has 1 rings (SSSR count). The van der Waals surface area contributed by atoms with Gasteiger partial charge in [-0.2, -0.15) is 0 Å². The Kier molecular flexibility index (Phi) is 3.43. The molecule has 0 aliphatic heterocycles. The molecule has 0 fully saturated rings. The molecule has 0 spiro atoms. The molecular formula is C10H15FN2O. The summed E-state index contributed by atoms with van der Waals surface area (Å²) in [6.45, 7) is 1.77. The van der Waals surface area contributed by atoms with E-state index >= 15 is 0 Å². The van der Waals surface area contributed by atoms with Crippen molar-refractivity contribution in [3.8, 4) is 0 Å².